The lowest BCUT2D eigenvalue weighted by Crippen LogP contribution is -2.12. The van der Waals surface area contributed by atoms with Crippen LogP contribution in [-0.2, 0) is 0 Å². The summed E-state index contributed by atoms with van der Waals surface area (Å²) in [6, 6.07) is 11.5. The van der Waals surface area contributed by atoms with Crippen molar-refractivity contribution in [1.82, 2.24) is 0 Å². The molecule has 0 aliphatic carbocycles. The van der Waals surface area contributed by atoms with Crippen LogP contribution < -0.4 is 5.32 Å². The highest BCUT2D eigenvalue weighted by Gasteiger charge is 2.10. The Bertz CT molecular complexity index is 602. The number of para-hydroxylation sites is 1. The van der Waals surface area contributed by atoms with Crippen LogP contribution in [0.25, 0.3) is 0 Å². The number of nitrogens with one attached hydrogen (secondary N) is 1. The van der Waals surface area contributed by atoms with Crippen LogP contribution in [-0.4, -0.2) is 11.7 Å². The maximum Gasteiger partial charge on any atom is 0.288 e. The molecule has 0 bridgehead atoms. The second-order valence-corrected chi connectivity index (χ2v) is 4.90. The van der Waals surface area contributed by atoms with Crippen LogP contribution in [0.1, 0.15) is 10.4 Å². The number of halogens is 3. The Morgan fingerprint density at radius 1 is 1.05 bits per heavy atom. The van der Waals surface area contributed by atoms with E-state index in [1.165, 1.54) is 42.5 Å². The van der Waals surface area contributed by atoms with Gasteiger partial charge < -0.3 is 5.32 Å². The molecule has 2 nitrogen and oxygen atoms in total. The molecule has 0 unspecified atom stereocenters. The normalized spacial score (nSPS) is 10.6. The zero-order chi connectivity index (χ0) is 14.5. The van der Waals surface area contributed by atoms with Gasteiger partial charge >= 0.3 is 0 Å². The van der Waals surface area contributed by atoms with Crippen LogP contribution in [0.3, 0.4) is 0 Å². The fraction of sp³-hybridized carbons (Fsp3) is 0.0714. The van der Waals surface area contributed by atoms with Gasteiger partial charge in [-0.15, -0.1) is 0 Å². The first kappa shape index (κ1) is 14.5. The van der Waals surface area contributed by atoms with E-state index in [1.54, 1.807) is 6.07 Å². The summed E-state index contributed by atoms with van der Waals surface area (Å²) in [6.45, 7) is 0. The number of rotatable bonds is 4. The minimum absolute atomic E-state index is 0.0727. The second kappa shape index (κ2) is 6.47. The molecule has 1 N–H and O–H groups in total. The summed E-state index contributed by atoms with van der Waals surface area (Å²) in [5.41, 5.74) is 0.343. The molecule has 0 aliphatic rings. The molecule has 0 saturated heterocycles. The molecule has 0 heterocycles. The monoisotopic (exact) mass is 297 g/mol. The number of alkyl halides is 2. The molecule has 104 valence electrons. The first-order chi connectivity index (χ1) is 9.56. The van der Waals surface area contributed by atoms with Crippen molar-refractivity contribution in [1.29, 1.82) is 0 Å². The van der Waals surface area contributed by atoms with E-state index in [0.29, 0.717) is 16.7 Å². The number of hydrogen-bond donors (Lipinski definition) is 1. The summed E-state index contributed by atoms with van der Waals surface area (Å²) < 4.78 is 37.7. The number of amides is 1. The van der Waals surface area contributed by atoms with Gasteiger partial charge in [0.2, 0.25) is 0 Å². The summed E-state index contributed by atoms with van der Waals surface area (Å²) in [5.74, 6) is -3.54. The van der Waals surface area contributed by atoms with Crippen molar-refractivity contribution < 1.29 is 18.0 Å². The van der Waals surface area contributed by atoms with E-state index in [4.69, 9.17) is 0 Å². The van der Waals surface area contributed by atoms with Gasteiger partial charge in [-0.05, 0) is 36.4 Å². The summed E-state index contributed by atoms with van der Waals surface area (Å²) in [4.78, 5) is 12.2. The average molecular weight is 297 g/mol. The van der Waals surface area contributed by atoms with Crippen molar-refractivity contribution >= 4 is 23.4 Å². The maximum atomic E-state index is 13.4. The summed E-state index contributed by atoms with van der Waals surface area (Å²) >= 11 is 0.400. The molecule has 0 saturated carbocycles. The average Bonchev–Trinajstić information content (AvgIpc) is 2.41. The van der Waals surface area contributed by atoms with Crippen LogP contribution in [0.2, 0.25) is 0 Å². The second-order valence-electron chi connectivity index (χ2n) is 3.84. The van der Waals surface area contributed by atoms with E-state index < -0.39 is 17.5 Å². The van der Waals surface area contributed by atoms with E-state index in [0.717, 1.165) is 0 Å². The SMILES string of the molecule is O=C(Nc1ccccc1F)c1ccc(SC(F)F)cc1. The summed E-state index contributed by atoms with van der Waals surface area (Å²) in [5, 5.41) is 2.42. The van der Waals surface area contributed by atoms with Crippen molar-refractivity contribution in [3.05, 3.63) is 59.9 Å². The fourth-order valence-electron chi connectivity index (χ4n) is 1.54. The van der Waals surface area contributed by atoms with E-state index >= 15 is 0 Å². The molecule has 20 heavy (non-hydrogen) atoms. The first-order valence-electron chi connectivity index (χ1n) is 5.67. The quantitative estimate of drug-likeness (QED) is 0.848. The molecule has 1 amide bonds. The van der Waals surface area contributed by atoms with Gasteiger partial charge in [0.1, 0.15) is 5.82 Å². The predicted molar refractivity (Wildman–Crippen MR) is 72.7 cm³/mol. The molecular formula is C14H10F3NOS. The molecule has 0 spiro atoms. The van der Waals surface area contributed by atoms with Gasteiger partial charge in [0.15, 0.2) is 0 Å². The standard InChI is InChI=1S/C14H10F3NOS/c15-11-3-1-2-4-12(11)18-13(19)9-5-7-10(8-6-9)20-14(16)17/h1-8,14H,(H,18,19). The Morgan fingerprint density at radius 3 is 2.30 bits per heavy atom. The highest BCUT2D eigenvalue weighted by atomic mass is 32.2. The maximum absolute atomic E-state index is 13.4. The third-order valence-electron chi connectivity index (χ3n) is 2.46. The molecule has 0 atom stereocenters. The molecule has 2 rings (SSSR count). The molecule has 2 aromatic rings. The molecule has 0 aromatic heterocycles. The van der Waals surface area contributed by atoms with Crippen LogP contribution in [0.5, 0.6) is 0 Å². The Morgan fingerprint density at radius 2 is 1.70 bits per heavy atom. The van der Waals surface area contributed by atoms with Crippen molar-refractivity contribution in [2.24, 2.45) is 0 Å². The highest BCUT2D eigenvalue weighted by molar-refractivity contribution is 7.99. The zero-order valence-electron chi connectivity index (χ0n) is 10.1. The topological polar surface area (TPSA) is 29.1 Å². The molecule has 0 aliphatic heterocycles. The smallest absolute Gasteiger partial charge is 0.288 e. The van der Waals surface area contributed by atoms with Gasteiger partial charge in [-0.1, -0.05) is 23.9 Å². The lowest BCUT2D eigenvalue weighted by Gasteiger charge is -2.07. The number of carbonyl (C=O) groups excluding carboxylic acids is 1. The van der Waals surface area contributed by atoms with Gasteiger partial charge in [0.25, 0.3) is 11.7 Å². The van der Waals surface area contributed by atoms with Crippen molar-refractivity contribution in [3.8, 4) is 0 Å². The lowest BCUT2D eigenvalue weighted by molar-refractivity contribution is 0.102. The van der Waals surface area contributed by atoms with Gasteiger partial charge in [-0.2, -0.15) is 8.78 Å². The fourth-order valence-corrected chi connectivity index (χ4v) is 2.04. The lowest BCUT2D eigenvalue weighted by atomic mass is 10.2. The largest absolute Gasteiger partial charge is 0.319 e. The van der Waals surface area contributed by atoms with E-state index in [9.17, 15) is 18.0 Å². The Hall–Kier alpha value is -1.95. The first-order valence-corrected chi connectivity index (χ1v) is 6.55. The van der Waals surface area contributed by atoms with Gasteiger partial charge in [0, 0.05) is 10.5 Å². The molecule has 0 fully saturated rings. The highest BCUT2D eigenvalue weighted by Crippen LogP contribution is 2.25. The van der Waals surface area contributed by atoms with Gasteiger partial charge in [-0.25, -0.2) is 4.39 Å². The Balaban J connectivity index is 2.08. The molecule has 0 radical (unpaired) electrons. The number of benzene rings is 2. The molecule has 6 heteroatoms. The van der Waals surface area contributed by atoms with Crippen LogP contribution in [0.15, 0.2) is 53.4 Å². The van der Waals surface area contributed by atoms with E-state index in [2.05, 4.69) is 5.32 Å². The number of thioether (sulfide) groups is 1. The predicted octanol–water partition coefficient (Wildman–Crippen LogP) is 4.39. The van der Waals surface area contributed by atoms with Gasteiger partial charge in [0.05, 0.1) is 5.69 Å². The van der Waals surface area contributed by atoms with E-state index in [1.807, 2.05) is 0 Å². The van der Waals surface area contributed by atoms with Crippen LogP contribution >= 0.6 is 11.8 Å². The third kappa shape index (κ3) is 3.77. The Labute approximate surface area is 118 Å². The van der Waals surface area contributed by atoms with Crippen molar-refractivity contribution in [2.75, 3.05) is 5.32 Å². The number of carbonyl (C=O) groups is 1. The van der Waals surface area contributed by atoms with E-state index in [-0.39, 0.29) is 11.3 Å². The van der Waals surface area contributed by atoms with Crippen LogP contribution in [0, 0.1) is 5.82 Å². The van der Waals surface area contributed by atoms with Gasteiger partial charge in [-0.3, -0.25) is 4.79 Å². The minimum atomic E-state index is -2.51. The molecule has 2 aromatic carbocycles. The minimum Gasteiger partial charge on any atom is -0.319 e. The number of anilines is 1. The summed E-state index contributed by atoms with van der Waals surface area (Å²) in [7, 11) is 0. The molecular weight excluding hydrogens is 287 g/mol. The third-order valence-corrected chi connectivity index (χ3v) is 3.19. The summed E-state index contributed by atoms with van der Waals surface area (Å²) in [6.07, 6.45) is 0. The van der Waals surface area contributed by atoms with Crippen molar-refractivity contribution in [3.63, 3.8) is 0 Å². The Kier molecular flexibility index (Phi) is 4.68. The number of hydrogen-bond acceptors (Lipinski definition) is 2. The van der Waals surface area contributed by atoms with Crippen molar-refractivity contribution in [2.45, 2.75) is 10.7 Å². The van der Waals surface area contributed by atoms with Crippen LogP contribution in [0.4, 0.5) is 18.9 Å². The zero-order valence-corrected chi connectivity index (χ0v) is 11.0.